The zero-order valence-electron chi connectivity index (χ0n) is 19.3. The Morgan fingerprint density at radius 3 is 2.25 bits per heavy atom. The Kier molecular flexibility index (Phi) is 8.83. The lowest BCUT2D eigenvalue weighted by atomic mass is 9.95. The fourth-order valence-electron chi connectivity index (χ4n) is 4.40. The second kappa shape index (κ2) is 11.8. The Morgan fingerprint density at radius 1 is 1.00 bits per heavy atom. The van der Waals surface area contributed by atoms with E-state index in [2.05, 4.69) is 5.32 Å². The first-order chi connectivity index (χ1) is 15.5. The van der Waals surface area contributed by atoms with Gasteiger partial charge in [0.25, 0.3) is 0 Å². The number of benzene rings is 2. The molecule has 2 aromatic rings. The van der Waals surface area contributed by atoms with Crippen molar-refractivity contribution in [3.05, 3.63) is 71.0 Å². The molecule has 0 spiro atoms. The largest absolute Gasteiger partial charge is 0.352 e. The number of hydrogen-bond donors (Lipinski definition) is 1. The van der Waals surface area contributed by atoms with Gasteiger partial charge in [-0.1, -0.05) is 68.1 Å². The zero-order valence-corrected chi connectivity index (χ0v) is 19.3. The van der Waals surface area contributed by atoms with Gasteiger partial charge in [0.15, 0.2) is 0 Å². The van der Waals surface area contributed by atoms with Gasteiger partial charge in [-0.15, -0.1) is 0 Å². The maximum absolute atomic E-state index is 13.4. The van der Waals surface area contributed by atoms with E-state index in [1.165, 1.54) is 24.1 Å². The van der Waals surface area contributed by atoms with Crippen LogP contribution in [0.3, 0.4) is 0 Å². The fourth-order valence-corrected chi connectivity index (χ4v) is 4.40. The first-order valence-corrected chi connectivity index (χ1v) is 11.9. The number of hydrogen-bond acceptors (Lipinski definition) is 2. The minimum absolute atomic E-state index is 0.0551. The van der Waals surface area contributed by atoms with E-state index in [1.54, 1.807) is 17.0 Å². The highest BCUT2D eigenvalue weighted by Crippen LogP contribution is 2.20. The van der Waals surface area contributed by atoms with E-state index in [9.17, 15) is 14.0 Å². The molecule has 0 unspecified atom stereocenters. The van der Waals surface area contributed by atoms with Gasteiger partial charge in [-0.3, -0.25) is 9.59 Å². The first-order valence-electron chi connectivity index (χ1n) is 11.9. The van der Waals surface area contributed by atoms with Gasteiger partial charge in [-0.2, -0.15) is 0 Å². The van der Waals surface area contributed by atoms with Crippen LogP contribution in [-0.2, 0) is 22.6 Å². The minimum Gasteiger partial charge on any atom is -0.352 e. The summed E-state index contributed by atoms with van der Waals surface area (Å²) in [5.74, 6) is -0.446. The molecule has 0 bridgehead atoms. The lowest BCUT2D eigenvalue weighted by molar-refractivity contribution is -0.141. The summed E-state index contributed by atoms with van der Waals surface area (Å²) < 4.78 is 13.4. The molecule has 1 atom stereocenters. The molecule has 1 N–H and O–H groups in total. The molecule has 3 rings (SSSR count). The molecule has 0 aromatic heterocycles. The molecular weight excluding hydrogens is 403 g/mol. The molecule has 0 heterocycles. The molecule has 1 aliphatic carbocycles. The Hall–Kier alpha value is -2.69. The average molecular weight is 439 g/mol. The molecule has 2 amide bonds. The standard InChI is InChI=1S/C27H35FN2O2/c1-3-25(27(32)29-24-7-5-4-6-8-24)30(19-22-13-16-23(28)17-14-22)26(31)18-15-21-11-9-20(2)10-12-21/h9-14,16-17,24-25H,3-8,15,18-19H2,1-2H3,(H,29,32)/t25-/m0/s1. The Labute approximate surface area is 191 Å². The van der Waals surface area contributed by atoms with Crippen molar-refractivity contribution < 1.29 is 14.0 Å². The van der Waals surface area contributed by atoms with Crippen molar-refractivity contribution in [2.24, 2.45) is 0 Å². The third-order valence-electron chi connectivity index (χ3n) is 6.35. The summed E-state index contributed by atoms with van der Waals surface area (Å²) in [4.78, 5) is 28.2. The monoisotopic (exact) mass is 438 g/mol. The summed E-state index contributed by atoms with van der Waals surface area (Å²) in [6, 6.07) is 14.0. The Balaban J connectivity index is 1.73. The van der Waals surface area contributed by atoms with Crippen LogP contribution >= 0.6 is 0 Å². The fraction of sp³-hybridized carbons (Fsp3) is 0.481. The normalized spacial score (nSPS) is 15.2. The first kappa shape index (κ1) is 24.0. The van der Waals surface area contributed by atoms with Crippen LogP contribution in [0.2, 0.25) is 0 Å². The molecule has 172 valence electrons. The third kappa shape index (κ3) is 6.91. The number of nitrogens with one attached hydrogen (secondary N) is 1. The predicted molar refractivity (Wildman–Crippen MR) is 126 cm³/mol. The van der Waals surface area contributed by atoms with E-state index < -0.39 is 6.04 Å². The van der Waals surface area contributed by atoms with Crippen molar-refractivity contribution in [3.8, 4) is 0 Å². The molecule has 0 radical (unpaired) electrons. The van der Waals surface area contributed by atoms with Gasteiger partial charge in [-0.25, -0.2) is 4.39 Å². The number of carbonyl (C=O) groups excluding carboxylic acids is 2. The summed E-state index contributed by atoms with van der Waals surface area (Å²) in [6.07, 6.45) is 6.99. The number of nitrogens with zero attached hydrogens (tertiary/aromatic N) is 1. The summed E-state index contributed by atoms with van der Waals surface area (Å²) in [5, 5.41) is 3.19. The van der Waals surface area contributed by atoms with E-state index in [-0.39, 0.29) is 23.7 Å². The smallest absolute Gasteiger partial charge is 0.243 e. The van der Waals surface area contributed by atoms with Crippen LogP contribution in [0.15, 0.2) is 48.5 Å². The Bertz CT molecular complexity index is 874. The topological polar surface area (TPSA) is 49.4 Å². The molecule has 1 fully saturated rings. The number of aryl methyl sites for hydroxylation is 2. The second-order valence-corrected chi connectivity index (χ2v) is 8.90. The van der Waals surface area contributed by atoms with Crippen molar-refractivity contribution >= 4 is 11.8 Å². The van der Waals surface area contributed by atoms with Crippen LogP contribution in [0.5, 0.6) is 0 Å². The molecular formula is C27H35FN2O2. The van der Waals surface area contributed by atoms with Gasteiger partial charge in [-0.05, 0) is 55.9 Å². The van der Waals surface area contributed by atoms with Gasteiger partial charge in [0, 0.05) is 19.0 Å². The van der Waals surface area contributed by atoms with Gasteiger partial charge in [0.1, 0.15) is 11.9 Å². The van der Waals surface area contributed by atoms with Gasteiger partial charge in [0.2, 0.25) is 11.8 Å². The molecule has 2 aromatic carbocycles. The predicted octanol–water partition coefficient (Wildman–Crippen LogP) is 5.32. The van der Waals surface area contributed by atoms with Crippen molar-refractivity contribution in [2.45, 2.75) is 83.8 Å². The summed E-state index contributed by atoms with van der Waals surface area (Å²) in [6.45, 7) is 4.27. The Morgan fingerprint density at radius 2 is 1.62 bits per heavy atom. The van der Waals surface area contributed by atoms with Crippen molar-refractivity contribution in [2.75, 3.05) is 0 Å². The van der Waals surface area contributed by atoms with Crippen molar-refractivity contribution in [1.82, 2.24) is 10.2 Å². The highest BCUT2D eigenvalue weighted by atomic mass is 19.1. The number of halogens is 1. The minimum atomic E-state index is -0.535. The zero-order chi connectivity index (χ0) is 22.9. The van der Waals surface area contributed by atoms with Gasteiger partial charge >= 0.3 is 0 Å². The van der Waals surface area contributed by atoms with E-state index in [0.717, 1.165) is 36.8 Å². The lowest BCUT2D eigenvalue weighted by Crippen LogP contribution is -2.51. The summed E-state index contributed by atoms with van der Waals surface area (Å²) >= 11 is 0. The van der Waals surface area contributed by atoms with Crippen LogP contribution in [0.1, 0.15) is 68.6 Å². The SMILES string of the molecule is CC[C@@H](C(=O)NC1CCCCC1)N(Cc1ccc(F)cc1)C(=O)CCc1ccc(C)cc1. The quantitative estimate of drug-likeness (QED) is 0.576. The molecule has 0 saturated heterocycles. The van der Waals surface area contributed by atoms with E-state index >= 15 is 0 Å². The number of carbonyl (C=O) groups is 2. The number of rotatable bonds is 9. The molecule has 4 nitrogen and oxygen atoms in total. The summed E-state index contributed by atoms with van der Waals surface area (Å²) in [7, 11) is 0. The van der Waals surface area contributed by atoms with Crippen LogP contribution in [0.25, 0.3) is 0 Å². The molecule has 1 aliphatic rings. The van der Waals surface area contributed by atoms with Crippen molar-refractivity contribution in [1.29, 1.82) is 0 Å². The maximum Gasteiger partial charge on any atom is 0.243 e. The van der Waals surface area contributed by atoms with Crippen LogP contribution < -0.4 is 5.32 Å². The van der Waals surface area contributed by atoms with Gasteiger partial charge < -0.3 is 10.2 Å². The maximum atomic E-state index is 13.4. The highest BCUT2D eigenvalue weighted by molar-refractivity contribution is 5.88. The number of amides is 2. The molecule has 1 saturated carbocycles. The molecule has 32 heavy (non-hydrogen) atoms. The van der Waals surface area contributed by atoms with Gasteiger partial charge in [0.05, 0.1) is 0 Å². The van der Waals surface area contributed by atoms with E-state index in [4.69, 9.17) is 0 Å². The van der Waals surface area contributed by atoms with Crippen LogP contribution in [0.4, 0.5) is 4.39 Å². The van der Waals surface area contributed by atoms with Crippen LogP contribution in [0, 0.1) is 12.7 Å². The molecule has 0 aliphatic heterocycles. The van der Waals surface area contributed by atoms with Crippen LogP contribution in [-0.4, -0.2) is 28.8 Å². The second-order valence-electron chi connectivity index (χ2n) is 8.90. The van der Waals surface area contributed by atoms with E-state index in [0.29, 0.717) is 25.8 Å². The summed E-state index contributed by atoms with van der Waals surface area (Å²) in [5.41, 5.74) is 3.10. The average Bonchev–Trinajstić information content (AvgIpc) is 2.80. The van der Waals surface area contributed by atoms with Crippen molar-refractivity contribution in [3.63, 3.8) is 0 Å². The lowest BCUT2D eigenvalue weighted by Gasteiger charge is -2.33. The molecule has 5 heteroatoms. The third-order valence-corrected chi connectivity index (χ3v) is 6.35. The van der Waals surface area contributed by atoms with E-state index in [1.807, 2.05) is 38.1 Å². The highest BCUT2D eigenvalue weighted by Gasteiger charge is 2.30.